The molecule has 1 aliphatic rings. The van der Waals surface area contributed by atoms with E-state index in [0.717, 1.165) is 5.56 Å². The number of hydrazine groups is 1. The highest BCUT2D eigenvalue weighted by atomic mass is 16.2. The summed E-state index contributed by atoms with van der Waals surface area (Å²) in [5.74, 6) is 4.05. The molecule has 0 radical (unpaired) electrons. The molecule has 1 heterocycles. The fourth-order valence-corrected chi connectivity index (χ4v) is 2.09. The Balaban J connectivity index is 2.18. The van der Waals surface area contributed by atoms with Crippen molar-refractivity contribution in [2.75, 3.05) is 0 Å². The Bertz CT molecular complexity index is 542. The SMILES string of the molecule is CC1CC(=O)N(Cc2cccc(C(=O)NN)c2)C1=O. The zero-order valence-corrected chi connectivity index (χ0v) is 10.6. The normalized spacial score (nSPS) is 18.8. The molecule has 3 N–H and O–H groups in total. The van der Waals surface area contributed by atoms with Crippen LogP contribution in [0.15, 0.2) is 24.3 Å². The van der Waals surface area contributed by atoms with Crippen molar-refractivity contribution >= 4 is 17.7 Å². The largest absolute Gasteiger partial charge is 0.290 e. The van der Waals surface area contributed by atoms with Crippen LogP contribution < -0.4 is 11.3 Å². The molecule has 6 nitrogen and oxygen atoms in total. The molecule has 1 saturated heterocycles. The van der Waals surface area contributed by atoms with Gasteiger partial charge in [-0.25, -0.2) is 5.84 Å². The number of hydrogen-bond donors (Lipinski definition) is 2. The van der Waals surface area contributed by atoms with Crippen molar-refractivity contribution in [3.63, 3.8) is 0 Å². The van der Waals surface area contributed by atoms with Crippen molar-refractivity contribution in [2.24, 2.45) is 11.8 Å². The predicted octanol–water partition coefficient (Wildman–Crippen LogP) is 0.185. The van der Waals surface area contributed by atoms with Crippen molar-refractivity contribution in [3.8, 4) is 0 Å². The van der Waals surface area contributed by atoms with Gasteiger partial charge in [-0.15, -0.1) is 0 Å². The highest BCUT2D eigenvalue weighted by molar-refractivity contribution is 6.03. The molecule has 1 aromatic carbocycles. The molecular weight excluding hydrogens is 246 g/mol. The number of hydrogen-bond acceptors (Lipinski definition) is 4. The molecule has 1 unspecified atom stereocenters. The number of amides is 3. The van der Waals surface area contributed by atoms with Gasteiger partial charge in [-0.1, -0.05) is 19.1 Å². The molecule has 19 heavy (non-hydrogen) atoms. The summed E-state index contributed by atoms with van der Waals surface area (Å²) in [4.78, 5) is 36.1. The second-order valence-electron chi connectivity index (χ2n) is 4.60. The Morgan fingerprint density at radius 2 is 2.21 bits per heavy atom. The van der Waals surface area contributed by atoms with E-state index >= 15 is 0 Å². The number of rotatable bonds is 3. The number of imide groups is 1. The molecule has 6 heteroatoms. The molecule has 1 atom stereocenters. The molecule has 100 valence electrons. The van der Waals surface area contributed by atoms with E-state index < -0.39 is 5.91 Å². The quantitative estimate of drug-likeness (QED) is 0.351. The second-order valence-corrected chi connectivity index (χ2v) is 4.60. The van der Waals surface area contributed by atoms with Gasteiger partial charge in [0.1, 0.15) is 0 Å². The van der Waals surface area contributed by atoms with E-state index in [1.54, 1.807) is 31.2 Å². The summed E-state index contributed by atoms with van der Waals surface area (Å²) >= 11 is 0. The third kappa shape index (κ3) is 2.63. The van der Waals surface area contributed by atoms with Gasteiger partial charge in [0.05, 0.1) is 6.54 Å². The van der Waals surface area contributed by atoms with E-state index in [9.17, 15) is 14.4 Å². The van der Waals surface area contributed by atoms with Crippen LogP contribution in [0.25, 0.3) is 0 Å². The van der Waals surface area contributed by atoms with Gasteiger partial charge in [0, 0.05) is 17.9 Å². The van der Waals surface area contributed by atoms with Crippen LogP contribution >= 0.6 is 0 Å². The second kappa shape index (κ2) is 5.19. The van der Waals surface area contributed by atoms with Crippen LogP contribution in [0.2, 0.25) is 0 Å². The lowest BCUT2D eigenvalue weighted by molar-refractivity contribution is -0.139. The van der Waals surface area contributed by atoms with E-state index in [2.05, 4.69) is 0 Å². The van der Waals surface area contributed by atoms with Crippen LogP contribution in [0.3, 0.4) is 0 Å². The van der Waals surface area contributed by atoms with Gasteiger partial charge in [0.15, 0.2) is 0 Å². The minimum atomic E-state index is -0.408. The van der Waals surface area contributed by atoms with Gasteiger partial charge in [-0.05, 0) is 17.7 Å². The molecule has 1 aromatic rings. The summed E-state index contributed by atoms with van der Waals surface area (Å²) in [7, 11) is 0. The molecule has 0 saturated carbocycles. The molecule has 0 aliphatic carbocycles. The van der Waals surface area contributed by atoms with Crippen LogP contribution in [0.4, 0.5) is 0 Å². The Morgan fingerprint density at radius 3 is 2.79 bits per heavy atom. The van der Waals surface area contributed by atoms with Crippen molar-refractivity contribution in [2.45, 2.75) is 19.9 Å². The smallest absolute Gasteiger partial charge is 0.265 e. The number of benzene rings is 1. The average Bonchev–Trinajstić information content (AvgIpc) is 2.65. The fraction of sp³-hybridized carbons (Fsp3) is 0.308. The van der Waals surface area contributed by atoms with Crippen LogP contribution in [-0.4, -0.2) is 22.6 Å². The number of nitrogens with zero attached hydrogens (tertiary/aromatic N) is 1. The minimum absolute atomic E-state index is 0.168. The van der Waals surface area contributed by atoms with Gasteiger partial charge < -0.3 is 0 Å². The van der Waals surface area contributed by atoms with Gasteiger partial charge in [0.25, 0.3) is 5.91 Å². The Hall–Kier alpha value is -2.21. The number of nitrogens with two attached hydrogens (primary N) is 1. The molecule has 0 bridgehead atoms. The van der Waals surface area contributed by atoms with Crippen LogP contribution in [0.5, 0.6) is 0 Å². The maximum atomic E-state index is 11.8. The zero-order valence-electron chi connectivity index (χ0n) is 10.6. The zero-order chi connectivity index (χ0) is 14.0. The molecule has 2 rings (SSSR count). The topological polar surface area (TPSA) is 92.5 Å². The summed E-state index contributed by atoms with van der Waals surface area (Å²) in [5.41, 5.74) is 3.16. The number of carbonyl (C=O) groups excluding carboxylic acids is 3. The van der Waals surface area contributed by atoms with Crippen LogP contribution in [0.1, 0.15) is 29.3 Å². The first-order valence-corrected chi connectivity index (χ1v) is 5.97. The van der Waals surface area contributed by atoms with Gasteiger partial charge in [-0.3, -0.25) is 24.7 Å². The lowest BCUT2D eigenvalue weighted by atomic mass is 10.1. The van der Waals surface area contributed by atoms with Gasteiger partial charge >= 0.3 is 0 Å². The summed E-state index contributed by atoms with van der Waals surface area (Å²) in [6.07, 6.45) is 0.252. The fourth-order valence-electron chi connectivity index (χ4n) is 2.09. The maximum absolute atomic E-state index is 11.8. The molecule has 0 aromatic heterocycles. The minimum Gasteiger partial charge on any atom is -0.290 e. The Morgan fingerprint density at radius 1 is 1.47 bits per heavy atom. The summed E-state index contributed by atoms with van der Waals surface area (Å²) in [6.45, 7) is 1.92. The first-order valence-electron chi connectivity index (χ1n) is 5.97. The first kappa shape index (κ1) is 13.2. The van der Waals surface area contributed by atoms with E-state index in [-0.39, 0.29) is 30.7 Å². The van der Waals surface area contributed by atoms with Crippen molar-refractivity contribution < 1.29 is 14.4 Å². The number of likely N-dealkylation sites (tertiary alicyclic amines) is 1. The first-order chi connectivity index (χ1) is 9.02. The molecule has 0 spiro atoms. The third-order valence-electron chi connectivity index (χ3n) is 3.13. The monoisotopic (exact) mass is 261 g/mol. The summed E-state index contributed by atoms with van der Waals surface area (Å²) in [5, 5.41) is 0. The predicted molar refractivity (Wildman–Crippen MR) is 67.4 cm³/mol. The maximum Gasteiger partial charge on any atom is 0.265 e. The number of nitrogen functional groups attached to an aromatic ring is 1. The number of nitrogens with one attached hydrogen (secondary N) is 1. The van der Waals surface area contributed by atoms with Crippen LogP contribution in [-0.2, 0) is 16.1 Å². The third-order valence-corrected chi connectivity index (χ3v) is 3.13. The molecule has 3 amide bonds. The van der Waals surface area contributed by atoms with E-state index in [1.807, 2.05) is 5.43 Å². The molecular formula is C13H15N3O3. The Kier molecular flexibility index (Phi) is 3.62. The molecule has 1 fully saturated rings. The lowest BCUT2D eigenvalue weighted by Crippen LogP contribution is -2.31. The number of carbonyl (C=O) groups is 3. The summed E-state index contributed by atoms with van der Waals surface area (Å²) < 4.78 is 0. The molecule has 1 aliphatic heterocycles. The lowest BCUT2D eigenvalue weighted by Gasteiger charge is -2.14. The summed E-state index contributed by atoms with van der Waals surface area (Å²) in [6, 6.07) is 6.68. The highest BCUT2D eigenvalue weighted by Gasteiger charge is 2.35. The average molecular weight is 261 g/mol. The Labute approximate surface area is 110 Å². The van der Waals surface area contributed by atoms with Crippen molar-refractivity contribution in [1.29, 1.82) is 0 Å². The standard InChI is InChI=1S/C13H15N3O3/c1-8-5-11(17)16(13(8)19)7-9-3-2-4-10(6-9)12(18)15-14/h2-4,6,8H,5,7,14H2,1H3,(H,15,18). The van der Waals surface area contributed by atoms with Gasteiger partial charge in [0.2, 0.25) is 11.8 Å². The van der Waals surface area contributed by atoms with Crippen molar-refractivity contribution in [3.05, 3.63) is 35.4 Å². The van der Waals surface area contributed by atoms with E-state index in [0.29, 0.717) is 5.56 Å². The van der Waals surface area contributed by atoms with E-state index in [4.69, 9.17) is 5.84 Å². The van der Waals surface area contributed by atoms with Crippen LogP contribution in [0, 0.1) is 5.92 Å². The van der Waals surface area contributed by atoms with Crippen molar-refractivity contribution in [1.82, 2.24) is 10.3 Å². The highest BCUT2D eigenvalue weighted by Crippen LogP contribution is 2.21. The van der Waals surface area contributed by atoms with Gasteiger partial charge in [-0.2, -0.15) is 0 Å². The van der Waals surface area contributed by atoms with E-state index in [1.165, 1.54) is 4.90 Å².